The van der Waals surface area contributed by atoms with E-state index in [-0.39, 0.29) is 19.4 Å². The summed E-state index contributed by atoms with van der Waals surface area (Å²) in [5, 5.41) is 11.5. The van der Waals surface area contributed by atoms with E-state index in [1.807, 2.05) is 20.8 Å². The van der Waals surface area contributed by atoms with E-state index in [0.717, 1.165) is 0 Å². The SMILES string of the molecule is CC(=O)O[C@@H]1C(=O)C2=C(C)C(O)CC([C@@H](OC(=O)c3ccccc3)C3[C@@]1(C)[C@@H](OP(P(P)P)P(P)P)C[C@H]1OC[C@@]31OC(C)=O)C2(C)C. The van der Waals surface area contributed by atoms with Crippen molar-refractivity contribution in [3.05, 3.63) is 47.0 Å². The summed E-state index contributed by atoms with van der Waals surface area (Å²) in [6.45, 7) is 8.42. The summed E-state index contributed by atoms with van der Waals surface area (Å²) in [7, 11) is 10.3. The zero-order valence-electron chi connectivity index (χ0n) is 27.8. The Morgan fingerprint density at radius 3 is 2.10 bits per heavy atom. The highest BCUT2D eigenvalue weighted by Crippen LogP contribution is 2.98. The Bertz CT molecular complexity index is 1480. The Labute approximate surface area is 294 Å². The second kappa shape index (κ2) is 14.7. The average Bonchev–Trinajstić information content (AvgIpc) is 2.98. The maximum atomic E-state index is 15.1. The van der Waals surface area contributed by atoms with Crippen LogP contribution in [0.2, 0.25) is 0 Å². The van der Waals surface area contributed by atoms with Crippen LogP contribution in [-0.4, -0.2) is 71.5 Å². The van der Waals surface area contributed by atoms with E-state index in [1.54, 1.807) is 37.3 Å². The largest absolute Gasteiger partial charge is 0.458 e. The minimum atomic E-state index is -1.43. The van der Waals surface area contributed by atoms with Gasteiger partial charge in [0.2, 0.25) is 5.78 Å². The van der Waals surface area contributed by atoms with Crippen LogP contribution in [0.15, 0.2) is 41.5 Å². The molecule has 1 aliphatic heterocycles. The molecule has 4 aliphatic rings. The molecule has 7 unspecified atom stereocenters. The number of Topliss-reactive ketones (excluding diaryl/α,β-unsaturated/α-hetero) is 1. The zero-order chi connectivity index (χ0) is 35.5. The highest BCUT2D eigenvalue weighted by molar-refractivity contribution is 8.96. The van der Waals surface area contributed by atoms with Crippen LogP contribution in [0, 0.1) is 22.7 Å². The molecule has 1 aromatic carbocycles. The second-order valence-corrected chi connectivity index (χ2v) is 37.4. The molecule has 2 bridgehead atoms. The molecule has 10 nitrogen and oxygen atoms in total. The lowest BCUT2D eigenvalue weighted by molar-refractivity contribution is -0.345. The Morgan fingerprint density at radius 2 is 1.58 bits per heavy atom. The number of fused-ring (bicyclic) bond motifs is 5. The first-order chi connectivity index (χ1) is 22.4. The standard InChI is InChI=1S/C31H45O10P7/c1-15-20(34)12-19-25(39-28(36)18-10-8-7-9-11-18)26-30(6,27(38-16(2)32)24(35)23(15)29(19,4)5)21(41-46(47(42)43)48(44)45)13-22-31(26,14-37-22)40-17(3)33/h7-11,19-22,25-27,34H,12-14,42-45H2,1-6H3/t19?,20?,21-,22+,25+,26?,27+,30+,31-/m0/s1. The molecule has 0 spiro atoms. The molecule has 13 atom stereocenters. The third-order valence-electron chi connectivity index (χ3n) is 10.6. The number of benzene rings is 1. The van der Waals surface area contributed by atoms with Crippen molar-refractivity contribution in [2.24, 2.45) is 22.7 Å². The Morgan fingerprint density at radius 1 is 0.958 bits per heavy atom. The maximum absolute atomic E-state index is 15.1. The number of ether oxygens (including phenoxy) is 4. The smallest absolute Gasteiger partial charge is 0.338 e. The number of carbonyl (C=O) groups is 4. The molecule has 0 amide bonds. The van der Waals surface area contributed by atoms with Gasteiger partial charge >= 0.3 is 17.9 Å². The van der Waals surface area contributed by atoms with Crippen LogP contribution in [-0.2, 0) is 37.9 Å². The van der Waals surface area contributed by atoms with E-state index in [4.69, 9.17) is 23.5 Å². The number of aliphatic hydroxyl groups is 1. The van der Waals surface area contributed by atoms with E-state index in [9.17, 15) is 19.5 Å². The molecule has 264 valence electrons. The predicted molar refractivity (Wildman–Crippen MR) is 202 cm³/mol. The van der Waals surface area contributed by atoms with Crippen LogP contribution in [0.1, 0.15) is 64.7 Å². The van der Waals surface area contributed by atoms with Gasteiger partial charge in [0.1, 0.15) is 12.2 Å². The average molecular weight is 795 g/mol. The van der Waals surface area contributed by atoms with Crippen LogP contribution < -0.4 is 0 Å². The molecule has 3 aliphatic carbocycles. The second-order valence-electron chi connectivity index (χ2n) is 13.8. The van der Waals surface area contributed by atoms with Crippen molar-refractivity contribution in [1.82, 2.24) is 0 Å². The summed E-state index contributed by atoms with van der Waals surface area (Å²) in [5.41, 5.74) is -2.55. The lowest BCUT2D eigenvalue weighted by Crippen LogP contribution is -2.80. The van der Waals surface area contributed by atoms with Crippen LogP contribution in [0.4, 0.5) is 0 Å². The first-order valence-electron chi connectivity index (χ1n) is 15.6. The first-order valence-corrected chi connectivity index (χ1v) is 27.4. The van der Waals surface area contributed by atoms with Gasteiger partial charge in [-0.15, -0.1) is 35.7 Å². The molecule has 0 radical (unpaired) electrons. The molecule has 1 saturated heterocycles. The molecular weight excluding hydrogens is 749 g/mol. The molecular formula is C31H45O10P7. The molecule has 1 heterocycles. The molecule has 5 rings (SSSR count). The number of carbonyl (C=O) groups excluding carboxylic acids is 4. The number of aliphatic hydroxyl groups excluding tert-OH is 1. The van der Waals surface area contributed by atoms with E-state index >= 15 is 4.79 Å². The van der Waals surface area contributed by atoms with Gasteiger partial charge in [-0.25, -0.2) is 4.79 Å². The number of ketones is 1. The van der Waals surface area contributed by atoms with Gasteiger partial charge in [-0.1, -0.05) is 39.0 Å². The van der Waals surface area contributed by atoms with Crippen LogP contribution >= 0.6 is 57.2 Å². The van der Waals surface area contributed by atoms with Gasteiger partial charge in [0.15, 0.2) is 11.7 Å². The first kappa shape index (κ1) is 39.1. The predicted octanol–water partition coefficient (Wildman–Crippen LogP) is 6.91. The van der Waals surface area contributed by atoms with Crippen molar-refractivity contribution in [3.63, 3.8) is 0 Å². The van der Waals surface area contributed by atoms with Gasteiger partial charge in [-0.05, 0) is 50.4 Å². The van der Waals surface area contributed by atoms with Gasteiger partial charge in [-0.2, -0.15) is 0 Å². The van der Waals surface area contributed by atoms with Crippen molar-refractivity contribution in [2.45, 2.75) is 90.5 Å². The van der Waals surface area contributed by atoms with Gasteiger partial charge < -0.3 is 28.6 Å². The number of rotatable bonds is 8. The molecule has 1 aromatic rings. The van der Waals surface area contributed by atoms with Crippen LogP contribution in [0.3, 0.4) is 0 Å². The molecule has 0 aromatic heterocycles. The summed E-state index contributed by atoms with van der Waals surface area (Å²) in [4.78, 5) is 55.1. The summed E-state index contributed by atoms with van der Waals surface area (Å²) >= 11 is 0. The quantitative estimate of drug-likeness (QED) is 0.168. The Balaban J connectivity index is 1.85. The van der Waals surface area contributed by atoms with E-state index < -0.39 is 104 Å². The molecule has 48 heavy (non-hydrogen) atoms. The zero-order valence-corrected chi connectivity index (χ0v) is 35.1. The summed E-state index contributed by atoms with van der Waals surface area (Å²) in [6, 6.07) is 8.59. The highest BCUT2D eigenvalue weighted by atomic mass is 33.0. The lowest BCUT2D eigenvalue weighted by atomic mass is 9.45. The molecule has 17 heteroatoms. The minimum Gasteiger partial charge on any atom is -0.458 e. The number of hydrogen-bond acceptors (Lipinski definition) is 10. The highest BCUT2D eigenvalue weighted by Gasteiger charge is 2.76. The van der Waals surface area contributed by atoms with Crippen LogP contribution in [0.25, 0.3) is 0 Å². The summed E-state index contributed by atoms with van der Waals surface area (Å²) in [5.74, 6) is -3.84. The fourth-order valence-corrected chi connectivity index (χ4v) is 41.4. The van der Waals surface area contributed by atoms with Gasteiger partial charge in [0, 0.05) is 37.2 Å². The van der Waals surface area contributed by atoms with Crippen molar-refractivity contribution in [2.75, 3.05) is 6.61 Å². The van der Waals surface area contributed by atoms with E-state index in [2.05, 4.69) is 35.7 Å². The van der Waals surface area contributed by atoms with E-state index in [1.165, 1.54) is 13.8 Å². The topological polar surface area (TPSA) is 135 Å². The lowest BCUT2D eigenvalue weighted by Gasteiger charge is -2.67. The van der Waals surface area contributed by atoms with Gasteiger partial charge in [0.25, 0.3) is 0 Å². The third kappa shape index (κ3) is 6.78. The Hall–Kier alpha value is -0.0700. The number of esters is 3. The van der Waals surface area contributed by atoms with Crippen molar-refractivity contribution in [1.29, 1.82) is 0 Å². The van der Waals surface area contributed by atoms with Crippen molar-refractivity contribution in [3.8, 4) is 0 Å². The fourth-order valence-electron chi connectivity index (χ4n) is 8.52. The minimum absolute atomic E-state index is 0.0171. The Kier molecular flexibility index (Phi) is 12.0. The number of hydrogen-bond donors (Lipinski definition) is 1. The normalized spacial score (nSPS) is 35.6. The summed E-state index contributed by atoms with van der Waals surface area (Å²) < 4.78 is 32.2. The summed E-state index contributed by atoms with van der Waals surface area (Å²) in [6.07, 6.45) is -4.46. The van der Waals surface area contributed by atoms with Crippen molar-refractivity contribution >= 4 is 80.9 Å². The third-order valence-corrected chi connectivity index (χ3v) is 33.0. The molecule has 3 fully saturated rings. The van der Waals surface area contributed by atoms with E-state index in [0.29, 0.717) is 16.7 Å². The van der Waals surface area contributed by atoms with Crippen LogP contribution in [0.5, 0.6) is 0 Å². The molecule has 2 saturated carbocycles. The maximum Gasteiger partial charge on any atom is 0.338 e. The fraction of sp³-hybridized carbons (Fsp3) is 0.613. The van der Waals surface area contributed by atoms with Gasteiger partial charge in [-0.3, -0.25) is 14.4 Å². The van der Waals surface area contributed by atoms with Crippen molar-refractivity contribution < 1.29 is 47.8 Å². The molecule has 1 N–H and O–H groups in total. The monoisotopic (exact) mass is 794 g/mol. The van der Waals surface area contributed by atoms with Gasteiger partial charge in [0.05, 0.1) is 37.8 Å².